The lowest BCUT2D eigenvalue weighted by Gasteiger charge is -2.09. The van der Waals surface area contributed by atoms with E-state index in [-0.39, 0.29) is 11.5 Å². The Bertz CT molecular complexity index is 1180. The van der Waals surface area contributed by atoms with Crippen LogP contribution in [-0.2, 0) is 0 Å². The van der Waals surface area contributed by atoms with E-state index in [0.29, 0.717) is 16.4 Å². The Kier molecular flexibility index (Phi) is 4.52. The molecule has 0 radical (unpaired) electrons. The predicted octanol–water partition coefficient (Wildman–Crippen LogP) is 5.12. The molecule has 7 heteroatoms. The molecule has 5 nitrogen and oxygen atoms in total. The molecule has 1 N–H and O–H groups in total. The minimum absolute atomic E-state index is 0.0451. The van der Waals surface area contributed by atoms with Crippen molar-refractivity contribution in [2.24, 2.45) is 0 Å². The van der Waals surface area contributed by atoms with E-state index in [2.05, 4.69) is 4.98 Å². The molecule has 0 spiro atoms. The molecule has 0 aliphatic carbocycles. The molecule has 2 aromatic carbocycles. The van der Waals surface area contributed by atoms with Gasteiger partial charge in [-0.15, -0.1) is 11.3 Å². The van der Waals surface area contributed by atoms with Gasteiger partial charge in [-0.2, -0.15) is 5.10 Å². The van der Waals surface area contributed by atoms with Gasteiger partial charge in [-0.1, -0.05) is 36.4 Å². The Balaban J connectivity index is 2.00. The quantitative estimate of drug-likeness (QED) is 0.523. The first-order valence-corrected chi connectivity index (χ1v) is 9.44. The van der Waals surface area contributed by atoms with Crippen LogP contribution in [-0.4, -0.2) is 25.8 Å². The third-order valence-corrected chi connectivity index (χ3v) is 5.33. The molecule has 0 unspecified atom stereocenters. The number of benzene rings is 2. The van der Waals surface area contributed by atoms with Crippen LogP contribution in [0.25, 0.3) is 27.6 Å². The first-order valence-electron chi connectivity index (χ1n) is 8.56. The normalized spacial score (nSPS) is 11.0. The molecule has 4 rings (SSSR count). The molecule has 0 saturated carbocycles. The summed E-state index contributed by atoms with van der Waals surface area (Å²) in [6.45, 7) is 3.83. The summed E-state index contributed by atoms with van der Waals surface area (Å²) >= 11 is 1.18. The van der Waals surface area contributed by atoms with Crippen LogP contribution in [0.15, 0.2) is 53.9 Å². The van der Waals surface area contributed by atoms with E-state index in [4.69, 9.17) is 5.10 Å². The van der Waals surface area contributed by atoms with E-state index >= 15 is 0 Å². The fourth-order valence-electron chi connectivity index (χ4n) is 3.13. The zero-order chi connectivity index (χ0) is 19.8. The van der Waals surface area contributed by atoms with E-state index in [1.54, 1.807) is 10.7 Å². The molecule has 140 valence electrons. The molecule has 2 aromatic heterocycles. The molecule has 0 bridgehead atoms. The van der Waals surface area contributed by atoms with Gasteiger partial charge in [0.15, 0.2) is 5.69 Å². The van der Waals surface area contributed by atoms with Gasteiger partial charge in [0.05, 0.1) is 11.4 Å². The SMILES string of the molecule is Cc1ccc(F)cc1-c1c(C)c(-c2ccccc2)nn1-c1nc(C(=O)O)cs1. The average Bonchev–Trinajstić information content (AvgIpc) is 3.29. The third kappa shape index (κ3) is 3.10. The number of carbonyl (C=O) groups is 1. The number of nitrogens with zero attached hydrogens (tertiary/aromatic N) is 3. The zero-order valence-electron chi connectivity index (χ0n) is 15.2. The van der Waals surface area contributed by atoms with Crippen molar-refractivity contribution in [1.82, 2.24) is 14.8 Å². The second-order valence-electron chi connectivity index (χ2n) is 6.38. The van der Waals surface area contributed by atoms with Crippen molar-refractivity contribution in [3.05, 3.63) is 76.5 Å². The van der Waals surface area contributed by atoms with Gasteiger partial charge in [-0.25, -0.2) is 18.9 Å². The second kappa shape index (κ2) is 7.01. The highest BCUT2D eigenvalue weighted by Gasteiger charge is 2.22. The topological polar surface area (TPSA) is 68.0 Å². The number of aromatic carboxylic acids is 1. The van der Waals surface area contributed by atoms with Crippen molar-refractivity contribution < 1.29 is 14.3 Å². The maximum atomic E-state index is 14.0. The number of aromatic nitrogens is 3. The van der Waals surface area contributed by atoms with Crippen LogP contribution in [0.4, 0.5) is 4.39 Å². The van der Waals surface area contributed by atoms with Crippen molar-refractivity contribution in [2.45, 2.75) is 13.8 Å². The van der Waals surface area contributed by atoms with Crippen molar-refractivity contribution in [3.8, 4) is 27.6 Å². The molecular formula is C21H16FN3O2S. The van der Waals surface area contributed by atoms with Gasteiger partial charge in [0.2, 0.25) is 5.13 Å². The molecule has 4 aromatic rings. The van der Waals surface area contributed by atoms with Crippen LogP contribution < -0.4 is 0 Å². The van der Waals surface area contributed by atoms with Gasteiger partial charge in [0.1, 0.15) is 5.82 Å². The standard InChI is InChI=1S/C21H16FN3O2S/c1-12-8-9-15(22)10-16(12)19-13(2)18(14-6-4-3-5-7-14)24-25(19)21-23-17(11-28-21)20(26)27/h3-11H,1-2H3,(H,26,27). The van der Waals surface area contributed by atoms with Crippen molar-refractivity contribution in [3.63, 3.8) is 0 Å². The molecule has 28 heavy (non-hydrogen) atoms. The Labute approximate surface area is 164 Å². The predicted molar refractivity (Wildman–Crippen MR) is 106 cm³/mol. The van der Waals surface area contributed by atoms with E-state index < -0.39 is 5.97 Å². The summed E-state index contributed by atoms with van der Waals surface area (Å²) in [5.74, 6) is -1.45. The Hall–Kier alpha value is -3.32. The lowest BCUT2D eigenvalue weighted by molar-refractivity contribution is 0.0691. The largest absolute Gasteiger partial charge is 0.476 e. The number of thiazole rings is 1. The van der Waals surface area contributed by atoms with Crippen molar-refractivity contribution in [2.75, 3.05) is 0 Å². The van der Waals surface area contributed by atoms with E-state index in [9.17, 15) is 14.3 Å². The second-order valence-corrected chi connectivity index (χ2v) is 7.22. The summed E-state index contributed by atoms with van der Waals surface area (Å²) in [6, 6.07) is 14.3. The maximum absolute atomic E-state index is 14.0. The first-order chi connectivity index (χ1) is 13.5. The number of halogens is 1. The van der Waals surface area contributed by atoms with Crippen molar-refractivity contribution >= 4 is 17.3 Å². The minimum atomic E-state index is -1.10. The Morgan fingerprint density at radius 2 is 1.89 bits per heavy atom. The summed E-state index contributed by atoms with van der Waals surface area (Å²) < 4.78 is 15.6. The third-order valence-electron chi connectivity index (χ3n) is 4.52. The lowest BCUT2D eigenvalue weighted by Crippen LogP contribution is -2.03. The molecule has 0 aliphatic heterocycles. The molecule has 0 atom stereocenters. The van der Waals surface area contributed by atoms with Gasteiger partial charge < -0.3 is 5.11 Å². The monoisotopic (exact) mass is 393 g/mol. The fourth-order valence-corrected chi connectivity index (χ4v) is 3.88. The Morgan fingerprint density at radius 3 is 2.57 bits per heavy atom. The van der Waals surface area contributed by atoms with Gasteiger partial charge in [0.25, 0.3) is 0 Å². The summed E-state index contributed by atoms with van der Waals surface area (Å²) in [5, 5.41) is 15.8. The molecule has 0 fully saturated rings. The van der Waals surface area contributed by atoms with E-state index in [0.717, 1.165) is 22.4 Å². The minimum Gasteiger partial charge on any atom is -0.476 e. The molecule has 0 saturated heterocycles. The summed E-state index contributed by atoms with van der Waals surface area (Å²) in [4.78, 5) is 15.4. The lowest BCUT2D eigenvalue weighted by atomic mass is 9.99. The van der Waals surface area contributed by atoms with Crippen molar-refractivity contribution in [1.29, 1.82) is 0 Å². The van der Waals surface area contributed by atoms with E-state index in [1.807, 2.05) is 44.2 Å². The number of rotatable bonds is 4. The summed E-state index contributed by atoms with van der Waals surface area (Å²) in [6.07, 6.45) is 0. The smallest absolute Gasteiger partial charge is 0.355 e. The van der Waals surface area contributed by atoms with E-state index in [1.165, 1.54) is 28.8 Å². The van der Waals surface area contributed by atoms with Crippen LogP contribution in [0, 0.1) is 19.7 Å². The first kappa shape index (κ1) is 18.1. The van der Waals surface area contributed by atoms with Gasteiger partial charge in [-0.05, 0) is 31.5 Å². The highest BCUT2D eigenvalue weighted by atomic mass is 32.1. The number of carboxylic acids is 1. The summed E-state index contributed by atoms with van der Waals surface area (Å²) in [7, 11) is 0. The van der Waals surface area contributed by atoms with Gasteiger partial charge in [-0.3, -0.25) is 0 Å². The molecule has 0 amide bonds. The van der Waals surface area contributed by atoms with Gasteiger partial charge in [0, 0.05) is 22.1 Å². The molecular weight excluding hydrogens is 377 g/mol. The molecule has 0 aliphatic rings. The number of aryl methyl sites for hydroxylation is 1. The summed E-state index contributed by atoms with van der Waals surface area (Å²) in [5.41, 5.74) is 4.76. The highest BCUT2D eigenvalue weighted by Crippen LogP contribution is 2.36. The fraction of sp³-hybridized carbons (Fsp3) is 0.0952. The van der Waals surface area contributed by atoms with Crippen LogP contribution >= 0.6 is 11.3 Å². The number of carboxylic acid groups (broad SMARTS) is 1. The van der Waals surface area contributed by atoms with Crippen LogP contribution in [0.5, 0.6) is 0 Å². The Morgan fingerprint density at radius 1 is 1.14 bits per heavy atom. The molecule has 2 heterocycles. The van der Waals surface area contributed by atoms with Gasteiger partial charge >= 0.3 is 5.97 Å². The highest BCUT2D eigenvalue weighted by molar-refractivity contribution is 7.12. The number of hydrogen-bond acceptors (Lipinski definition) is 4. The van der Waals surface area contributed by atoms with Crippen LogP contribution in [0.3, 0.4) is 0 Å². The van der Waals surface area contributed by atoms with Crippen LogP contribution in [0.2, 0.25) is 0 Å². The maximum Gasteiger partial charge on any atom is 0.355 e. The zero-order valence-corrected chi connectivity index (χ0v) is 16.0. The number of hydrogen-bond donors (Lipinski definition) is 1. The van der Waals surface area contributed by atoms with Crippen LogP contribution in [0.1, 0.15) is 21.6 Å². The average molecular weight is 393 g/mol.